The van der Waals surface area contributed by atoms with Crippen LogP contribution in [0.25, 0.3) is 65.8 Å². The molecule has 136 heavy (non-hydrogen) atoms. The minimum Gasteiger partial charge on any atom is -0.331 e. The van der Waals surface area contributed by atoms with Crippen LogP contribution in [-0.4, -0.2) is 143 Å². The average molecular weight is 1880 g/mol. The molecule has 4 fully saturated rings. The zero-order valence-electron chi connectivity index (χ0n) is 72.0. The Kier molecular flexibility index (Phi) is 23.5. The van der Waals surface area contributed by atoms with E-state index in [1.165, 1.54) is 68.1 Å². The van der Waals surface area contributed by atoms with E-state index >= 15 is 0 Å². The third-order valence-corrected chi connectivity index (χ3v) is 27.5. The summed E-state index contributed by atoms with van der Waals surface area (Å²) in [6.45, 7) is 4.60. The number of hydrogen-bond acceptors (Lipinski definition) is 19. The molecule has 35 heteroatoms. The fourth-order valence-electron chi connectivity index (χ4n) is 18.1. The van der Waals surface area contributed by atoms with Crippen molar-refractivity contribution in [1.29, 1.82) is 0 Å². The predicted molar refractivity (Wildman–Crippen MR) is 495 cm³/mol. The predicted octanol–water partition coefficient (Wildman–Crippen LogP) is 14.5. The van der Waals surface area contributed by atoms with E-state index in [2.05, 4.69) is 74.6 Å². The maximum atomic E-state index is 13.7. The number of halogens is 4. The van der Waals surface area contributed by atoms with E-state index in [0.717, 1.165) is 81.4 Å². The van der Waals surface area contributed by atoms with Crippen molar-refractivity contribution in [3.8, 4) is 65.8 Å². The zero-order valence-corrected chi connectivity index (χ0v) is 74.4. The Morgan fingerprint density at radius 1 is 0.331 bits per heavy atom. The standard InChI is InChI=1S/2C28H21FN4O3S.C27H19FN4O3S.C18H15FN4O3/c2*1-16-30-24(14-37-16)19-4-2-3-18(11-19)17-5-8-21(9-6-17)28(26(35)31-27(36)32-28)15-33-13-20-7-10-22(29)12-23(20)25(33)34;28-19-9-6-17-14-32(24(33)20(17)13-19)15-27(25(34)30-26(35)31-27)18-7-4-16(5-8-18)22-10-11-23(36-22)21-3-1-2-12-29-21;19-13-2-1-12-9-23(15(24)14(12)7-13)10-18(16(25)21-17(26)22-18)8-11-3-5-20-6-4-11/h2*2-12,14H,13,15H2,1H3,(H2,31,32,35,36);1-13H,14-15H2,(H2,30,31,34,35);1-7H,8-10H2,(H2,21,22,25,26)/t2*28-;27-;/m101./s1. The Labute approximate surface area is 784 Å². The number of imide groups is 4. The van der Waals surface area contributed by atoms with Gasteiger partial charge in [0.05, 0.1) is 58.2 Å². The normalized spacial score (nSPS) is 19.2. The quantitative estimate of drug-likeness (QED) is 0.0275. The van der Waals surface area contributed by atoms with Crippen molar-refractivity contribution in [2.24, 2.45) is 0 Å². The number of aryl methyl sites for hydroxylation is 2. The molecular weight excluding hydrogens is 1800 g/mol. The Morgan fingerprint density at radius 3 is 1.04 bits per heavy atom. The first-order valence-corrected chi connectivity index (χ1v) is 45.3. The molecule has 22 rings (SSSR count). The molecule has 8 N–H and O–H groups in total. The van der Waals surface area contributed by atoms with Crippen LogP contribution >= 0.6 is 34.0 Å². The fraction of sp³-hybridized carbons (Fsp3) is 0.149. The molecule has 0 bridgehead atoms. The largest absolute Gasteiger partial charge is 0.331 e. The van der Waals surface area contributed by atoms with Crippen molar-refractivity contribution in [1.82, 2.24) is 82.1 Å². The van der Waals surface area contributed by atoms with E-state index in [4.69, 9.17) is 0 Å². The van der Waals surface area contributed by atoms with Crippen LogP contribution in [0.2, 0.25) is 0 Å². The van der Waals surface area contributed by atoms with Crippen molar-refractivity contribution in [3.05, 3.63) is 366 Å². The lowest BCUT2D eigenvalue weighted by atomic mass is 9.88. The van der Waals surface area contributed by atoms with Crippen molar-refractivity contribution >= 4 is 105 Å². The summed E-state index contributed by atoms with van der Waals surface area (Å²) in [4.78, 5) is 177. The van der Waals surface area contributed by atoms with Crippen molar-refractivity contribution in [2.75, 3.05) is 26.2 Å². The summed E-state index contributed by atoms with van der Waals surface area (Å²) < 4.78 is 54.6. The van der Waals surface area contributed by atoms with Crippen molar-refractivity contribution in [3.63, 3.8) is 0 Å². The molecular formula is C101H76F4N16O12S3. The highest BCUT2D eigenvalue weighted by Crippen LogP contribution is 2.41. The highest BCUT2D eigenvalue weighted by Gasteiger charge is 2.55. The first-order chi connectivity index (χ1) is 65.5. The summed E-state index contributed by atoms with van der Waals surface area (Å²) in [5.41, 5.74) is 10.1. The molecule has 4 atom stereocenters. The van der Waals surface area contributed by atoms with Gasteiger partial charge in [-0.2, -0.15) is 0 Å². The van der Waals surface area contributed by atoms with Crippen LogP contribution in [0.1, 0.15) is 96.0 Å². The van der Waals surface area contributed by atoms with E-state index < -0.39 is 93.2 Å². The number of aromatic nitrogens is 4. The van der Waals surface area contributed by atoms with Crippen LogP contribution < -0.4 is 42.5 Å². The molecule has 8 aliphatic heterocycles. The van der Waals surface area contributed by atoms with Crippen LogP contribution in [0.4, 0.5) is 36.7 Å². The van der Waals surface area contributed by atoms with Crippen LogP contribution in [-0.2, 0) is 68.4 Å². The van der Waals surface area contributed by atoms with E-state index in [0.29, 0.717) is 38.9 Å². The summed E-state index contributed by atoms with van der Waals surface area (Å²) >= 11 is 4.80. The second-order valence-electron chi connectivity index (χ2n) is 33.6. The number of nitrogens with zero attached hydrogens (tertiary/aromatic N) is 8. The Morgan fingerprint density at radius 2 is 0.691 bits per heavy atom. The Bertz CT molecular complexity index is 7060. The molecule has 0 spiro atoms. The van der Waals surface area contributed by atoms with E-state index in [9.17, 15) is 75.1 Å². The minimum atomic E-state index is -1.47. The monoisotopic (exact) mass is 1880 g/mol. The molecule has 0 saturated carbocycles. The van der Waals surface area contributed by atoms with Gasteiger partial charge >= 0.3 is 24.1 Å². The molecule has 9 aromatic carbocycles. The number of thiophene rings is 1. The molecule has 16 amide bonds. The van der Waals surface area contributed by atoms with Gasteiger partial charge in [-0.15, -0.1) is 34.0 Å². The number of hydrogen-bond donors (Lipinski definition) is 8. The van der Waals surface area contributed by atoms with Crippen LogP contribution in [0.3, 0.4) is 0 Å². The molecule has 1 unspecified atom stereocenters. The van der Waals surface area contributed by atoms with E-state index in [1.54, 1.807) is 125 Å². The Balaban J connectivity index is 0.000000117. The van der Waals surface area contributed by atoms with Crippen molar-refractivity contribution in [2.45, 2.75) is 68.6 Å². The Hall–Kier alpha value is -16.4. The molecule has 4 saturated heterocycles. The number of nitrogens with one attached hydrogen (secondary N) is 8. The van der Waals surface area contributed by atoms with Gasteiger partial charge in [-0.05, 0) is 183 Å². The topological polar surface area (TPSA) is 366 Å². The van der Waals surface area contributed by atoms with Gasteiger partial charge in [-0.25, -0.2) is 46.7 Å². The van der Waals surface area contributed by atoms with E-state index in [1.807, 2.05) is 128 Å². The number of amides is 16. The van der Waals surface area contributed by atoms with Gasteiger partial charge in [0, 0.05) is 100 Å². The molecule has 14 aromatic rings. The molecule has 0 radical (unpaired) electrons. The molecule has 0 aliphatic carbocycles. The first-order valence-electron chi connectivity index (χ1n) is 42.7. The summed E-state index contributed by atoms with van der Waals surface area (Å²) in [7, 11) is 0. The van der Waals surface area contributed by atoms with Crippen molar-refractivity contribution < 1.29 is 75.1 Å². The molecule has 8 aliphatic rings. The van der Waals surface area contributed by atoms with Crippen LogP contribution in [0.15, 0.2) is 266 Å². The lowest BCUT2D eigenvalue weighted by molar-refractivity contribution is -0.125. The van der Waals surface area contributed by atoms with Crippen LogP contribution in [0.5, 0.6) is 0 Å². The smallest absolute Gasteiger partial charge is 0.322 e. The summed E-state index contributed by atoms with van der Waals surface area (Å²) in [6.07, 6.45) is 5.15. The molecule has 5 aromatic heterocycles. The van der Waals surface area contributed by atoms with E-state index in [-0.39, 0.29) is 105 Å². The van der Waals surface area contributed by atoms with Gasteiger partial charge in [0.15, 0.2) is 16.6 Å². The number of thiazole rings is 2. The zero-order chi connectivity index (χ0) is 94.6. The lowest BCUT2D eigenvalue weighted by Gasteiger charge is -2.31. The average Bonchev–Trinajstić information content (AvgIpc) is 1.61. The second-order valence-corrected chi connectivity index (χ2v) is 36.8. The third kappa shape index (κ3) is 17.3. The van der Waals surface area contributed by atoms with Crippen LogP contribution in [0, 0.1) is 37.1 Å². The number of urea groups is 4. The van der Waals surface area contributed by atoms with Gasteiger partial charge in [0.2, 0.25) is 0 Å². The lowest BCUT2D eigenvalue weighted by Crippen LogP contribution is -2.56. The molecule has 678 valence electrons. The van der Waals surface area contributed by atoms with Gasteiger partial charge in [0.1, 0.15) is 28.8 Å². The fourth-order valence-corrected chi connectivity index (χ4v) is 20.3. The maximum Gasteiger partial charge on any atom is 0.322 e. The molecule has 28 nitrogen and oxygen atoms in total. The van der Waals surface area contributed by atoms with Gasteiger partial charge < -0.3 is 40.9 Å². The number of carbonyl (C=O) groups is 12. The number of benzene rings is 9. The minimum absolute atomic E-state index is 0.0119. The number of pyridine rings is 2. The SMILES string of the molecule is Cc1nc(-c2cccc(-c3ccc([C@@]4(CN5Cc6ccc(F)cc6C5=O)NC(=O)NC4=O)cc3)c2)cs1.Cc1nc(-c2cccc(-c3ccc([C@]4(CN5Cc6ccc(F)cc6C5=O)NC(=O)NC4=O)cc3)c2)cs1.O=C1NC(=O)C(Cc2ccncc2)(CN2Cc3ccc(F)cc3C2=O)N1.O=C1NC(=O)[C@@](CN2Cc3ccc(F)cc3C2=O)(c2ccc(-c3ccc(-c4ccccn4)s3)cc2)N1. The molecule has 13 heterocycles. The highest BCUT2D eigenvalue weighted by molar-refractivity contribution is 7.18. The first kappa shape index (κ1) is 88.9. The number of rotatable bonds is 19. The summed E-state index contributed by atoms with van der Waals surface area (Å²) in [6, 6.07) is 65.2. The van der Waals surface area contributed by atoms with Gasteiger partial charge in [-0.3, -0.25) is 69.6 Å². The van der Waals surface area contributed by atoms with Gasteiger partial charge in [-0.1, -0.05) is 140 Å². The number of fused-ring (bicyclic) bond motifs is 4. The third-order valence-electron chi connectivity index (χ3n) is 24.8. The number of carbonyl (C=O) groups excluding carboxylic acids is 12. The maximum absolute atomic E-state index is 13.7. The van der Waals surface area contributed by atoms with Gasteiger partial charge in [0.25, 0.3) is 47.3 Å². The summed E-state index contributed by atoms with van der Waals surface area (Å²) in [5.74, 6) is -5.60. The highest BCUT2D eigenvalue weighted by atomic mass is 32.1. The second kappa shape index (κ2) is 35.9. The summed E-state index contributed by atoms with van der Waals surface area (Å²) in [5, 5.41) is 26.1.